The number of imidazole rings is 1. The van der Waals surface area contributed by atoms with Crippen molar-refractivity contribution in [1.29, 1.82) is 0 Å². The SMILES string of the molecule is C[C@H](OC(=O)c1c(Cl)nc2sccn12)C(=O)N[C@@H]1CCS(=O)(=O)C1. The molecule has 0 unspecified atom stereocenters. The zero-order chi connectivity index (χ0) is 17.5. The van der Waals surface area contributed by atoms with E-state index in [2.05, 4.69) is 10.3 Å². The van der Waals surface area contributed by atoms with Crippen molar-refractivity contribution in [1.82, 2.24) is 14.7 Å². The Hall–Kier alpha value is -1.65. The Morgan fingerprint density at radius 3 is 2.96 bits per heavy atom. The van der Waals surface area contributed by atoms with Crippen LogP contribution in [0.3, 0.4) is 0 Å². The first-order valence-corrected chi connectivity index (χ1v) is 10.2. The summed E-state index contributed by atoms with van der Waals surface area (Å²) in [6, 6.07) is -0.453. The Morgan fingerprint density at radius 1 is 1.54 bits per heavy atom. The molecule has 130 valence electrons. The second-order valence-electron chi connectivity index (χ2n) is 5.46. The summed E-state index contributed by atoms with van der Waals surface area (Å²) in [6.07, 6.45) is 0.906. The Morgan fingerprint density at radius 2 is 2.29 bits per heavy atom. The molecule has 1 N–H and O–H groups in total. The van der Waals surface area contributed by atoms with Crippen molar-refractivity contribution in [2.75, 3.05) is 11.5 Å². The average molecular weight is 392 g/mol. The molecular formula is C13H14ClN3O5S2. The van der Waals surface area contributed by atoms with E-state index in [1.54, 1.807) is 11.6 Å². The summed E-state index contributed by atoms with van der Waals surface area (Å²) in [7, 11) is -3.10. The summed E-state index contributed by atoms with van der Waals surface area (Å²) in [5.41, 5.74) is 0.0519. The topological polar surface area (TPSA) is 107 Å². The lowest BCUT2D eigenvalue weighted by Gasteiger charge is -2.16. The third kappa shape index (κ3) is 3.40. The first-order valence-electron chi connectivity index (χ1n) is 7.09. The number of rotatable bonds is 4. The number of nitrogens with one attached hydrogen (secondary N) is 1. The van der Waals surface area contributed by atoms with E-state index < -0.39 is 33.9 Å². The van der Waals surface area contributed by atoms with E-state index in [4.69, 9.17) is 16.3 Å². The first-order chi connectivity index (χ1) is 11.3. The zero-order valence-electron chi connectivity index (χ0n) is 12.6. The third-order valence-electron chi connectivity index (χ3n) is 3.64. The van der Waals surface area contributed by atoms with Crippen LogP contribution >= 0.6 is 22.9 Å². The molecule has 2 aromatic rings. The van der Waals surface area contributed by atoms with Gasteiger partial charge in [0.1, 0.15) is 0 Å². The lowest BCUT2D eigenvalue weighted by atomic mass is 10.2. The van der Waals surface area contributed by atoms with Crippen LogP contribution in [0.25, 0.3) is 4.96 Å². The molecule has 0 bridgehead atoms. The maximum absolute atomic E-state index is 12.3. The molecule has 1 saturated heterocycles. The van der Waals surface area contributed by atoms with Gasteiger partial charge >= 0.3 is 5.97 Å². The number of thiazole rings is 1. The lowest BCUT2D eigenvalue weighted by Crippen LogP contribution is -2.42. The fourth-order valence-corrected chi connectivity index (χ4v) is 5.12. The molecule has 0 saturated carbocycles. The molecule has 3 rings (SSSR count). The predicted molar refractivity (Wildman–Crippen MR) is 88.2 cm³/mol. The molecule has 1 amide bonds. The van der Waals surface area contributed by atoms with Crippen LogP contribution in [-0.4, -0.2) is 53.3 Å². The molecule has 0 aromatic carbocycles. The van der Waals surface area contributed by atoms with Crippen LogP contribution in [0.4, 0.5) is 0 Å². The van der Waals surface area contributed by atoms with Gasteiger partial charge in [0.05, 0.1) is 11.5 Å². The number of aromatic nitrogens is 2. The molecule has 0 radical (unpaired) electrons. The molecule has 1 fully saturated rings. The van der Waals surface area contributed by atoms with Gasteiger partial charge in [-0.3, -0.25) is 9.20 Å². The monoisotopic (exact) mass is 391 g/mol. The molecule has 0 aliphatic carbocycles. The van der Waals surface area contributed by atoms with Crippen LogP contribution in [0, 0.1) is 0 Å². The van der Waals surface area contributed by atoms with Gasteiger partial charge in [-0.2, -0.15) is 0 Å². The third-order valence-corrected chi connectivity index (χ3v) is 6.43. The minimum absolute atomic E-state index is 0.00124. The van der Waals surface area contributed by atoms with Crippen molar-refractivity contribution in [2.45, 2.75) is 25.5 Å². The normalized spacial score (nSPS) is 20.8. The van der Waals surface area contributed by atoms with Gasteiger partial charge in [0.2, 0.25) is 0 Å². The minimum Gasteiger partial charge on any atom is -0.448 e. The highest BCUT2D eigenvalue weighted by molar-refractivity contribution is 7.91. The number of halogens is 1. The van der Waals surface area contributed by atoms with Crippen LogP contribution in [0.5, 0.6) is 0 Å². The number of hydrogen-bond acceptors (Lipinski definition) is 7. The summed E-state index contributed by atoms with van der Waals surface area (Å²) >= 11 is 7.25. The summed E-state index contributed by atoms with van der Waals surface area (Å²) < 4.78 is 29.4. The van der Waals surface area contributed by atoms with Crippen molar-refractivity contribution in [2.24, 2.45) is 0 Å². The summed E-state index contributed by atoms with van der Waals surface area (Å²) in [4.78, 5) is 28.9. The predicted octanol–water partition coefficient (Wildman–Crippen LogP) is 0.898. The van der Waals surface area contributed by atoms with Gasteiger partial charge in [0.25, 0.3) is 5.91 Å². The number of ether oxygens (including phenoxy) is 1. The van der Waals surface area contributed by atoms with Gasteiger partial charge in [-0.05, 0) is 13.3 Å². The van der Waals surface area contributed by atoms with Gasteiger partial charge in [-0.1, -0.05) is 11.6 Å². The van der Waals surface area contributed by atoms with Crippen LogP contribution in [0.2, 0.25) is 5.15 Å². The Balaban J connectivity index is 1.65. The van der Waals surface area contributed by atoms with Crippen molar-refractivity contribution >= 4 is 49.6 Å². The number of nitrogens with zero attached hydrogens (tertiary/aromatic N) is 2. The van der Waals surface area contributed by atoms with Crippen molar-refractivity contribution < 1.29 is 22.7 Å². The van der Waals surface area contributed by atoms with E-state index in [-0.39, 0.29) is 22.4 Å². The molecule has 1 aliphatic heterocycles. The molecule has 24 heavy (non-hydrogen) atoms. The number of fused-ring (bicyclic) bond motifs is 1. The molecule has 1 aliphatic rings. The number of carbonyl (C=O) groups is 2. The molecule has 11 heteroatoms. The Kier molecular flexibility index (Phi) is 4.54. The number of carbonyl (C=O) groups excluding carboxylic acids is 2. The summed E-state index contributed by atoms with van der Waals surface area (Å²) in [5, 5.41) is 4.33. The minimum atomic E-state index is -3.10. The van der Waals surface area contributed by atoms with E-state index in [1.165, 1.54) is 22.7 Å². The maximum Gasteiger partial charge on any atom is 0.359 e. The van der Waals surface area contributed by atoms with E-state index in [0.717, 1.165) is 0 Å². The number of amides is 1. The first kappa shape index (κ1) is 17.2. The average Bonchev–Trinajstić information content (AvgIpc) is 3.12. The maximum atomic E-state index is 12.3. The molecule has 0 spiro atoms. The van der Waals surface area contributed by atoms with Crippen molar-refractivity contribution in [3.8, 4) is 0 Å². The van der Waals surface area contributed by atoms with Gasteiger partial charge in [-0.15, -0.1) is 11.3 Å². The van der Waals surface area contributed by atoms with Gasteiger partial charge in [0.15, 0.2) is 31.7 Å². The Bertz CT molecular complexity index is 904. The zero-order valence-corrected chi connectivity index (χ0v) is 14.9. The quantitative estimate of drug-likeness (QED) is 0.776. The van der Waals surface area contributed by atoms with Gasteiger partial charge in [0, 0.05) is 17.6 Å². The highest BCUT2D eigenvalue weighted by atomic mass is 35.5. The summed E-state index contributed by atoms with van der Waals surface area (Å²) in [5.74, 6) is -1.36. The van der Waals surface area contributed by atoms with Crippen LogP contribution in [0.15, 0.2) is 11.6 Å². The smallest absolute Gasteiger partial charge is 0.359 e. The highest BCUT2D eigenvalue weighted by Crippen LogP contribution is 2.22. The van der Waals surface area contributed by atoms with Crippen LogP contribution in [-0.2, 0) is 19.4 Å². The fourth-order valence-electron chi connectivity index (χ4n) is 2.44. The van der Waals surface area contributed by atoms with Crippen molar-refractivity contribution in [3.63, 3.8) is 0 Å². The largest absolute Gasteiger partial charge is 0.448 e. The fraction of sp³-hybridized carbons (Fsp3) is 0.462. The van der Waals surface area contributed by atoms with Crippen LogP contribution < -0.4 is 5.32 Å². The molecule has 3 heterocycles. The van der Waals surface area contributed by atoms with E-state index in [0.29, 0.717) is 11.4 Å². The standard InChI is InChI=1S/C13H14ClN3O5S2/c1-7(11(18)15-8-2-5-24(20,21)6-8)22-12(19)9-10(14)16-13-17(9)3-4-23-13/h3-4,7-8H,2,5-6H2,1H3,(H,15,18)/t7-,8+/m0/s1. The van der Waals surface area contributed by atoms with Gasteiger partial charge in [-0.25, -0.2) is 18.2 Å². The van der Waals surface area contributed by atoms with Gasteiger partial charge < -0.3 is 10.1 Å². The molecule has 2 atom stereocenters. The second kappa shape index (κ2) is 6.34. The van der Waals surface area contributed by atoms with Crippen molar-refractivity contribution in [3.05, 3.63) is 22.4 Å². The summed E-state index contributed by atoms with van der Waals surface area (Å²) in [6.45, 7) is 1.41. The van der Waals surface area contributed by atoms with E-state index >= 15 is 0 Å². The molecule has 2 aromatic heterocycles. The lowest BCUT2D eigenvalue weighted by molar-refractivity contribution is -0.129. The van der Waals surface area contributed by atoms with E-state index in [9.17, 15) is 18.0 Å². The number of esters is 1. The highest BCUT2D eigenvalue weighted by Gasteiger charge is 2.31. The molecular weight excluding hydrogens is 378 g/mol. The van der Waals surface area contributed by atoms with Crippen LogP contribution in [0.1, 0.15) is 23.8 Å². The molecule has 8 nitrogen and oxygen atoms in total. The van der Waals surface area contributed by atoms with E-state index in [1.807, 2.05) is 0 Å². The number of hydrogen-bond donors (Lipinski definition) is 1. The second-order valence-corrected chi connectivity index (χ2v) is 8.92. The number of sulfone groups is 1. The Labute approximate surface area is 146 Å².